The Balaban J connectivity index is 2.85. The molecule has 0 heterocycles. The van der Waals surface area contributed by atoms with Crippen LogP contribution in [0.1, 0.15) is 26.7 Å². The van der Waals surface area contributed by atoms with Crippen molar-refractivity contribution in [1.29, 1.82) is 5.26 Å². The number of allylic oxidation sites excluding steroid dienone is 5. The van der Waals surface area contributed by atoms with Gasteiger partial charge in [-0.15, -0.1) is 0 Å². The van der Waals surface area contributed by atoms with Crippen LogP contribution in [0.4, 0.5) is 0 Å². The maximum Gasteiger partial charge on any atom is 0.0915 e. The first-order valence-corrected chi connectivity index (χ1v) is 4.56. The Morgan fingerprint density at radius 1 is 1.77 bits per heavy atom. The number of rotatable bonds is 1. The average molecular weight is 173 g/mol. The molecule has 0 N–H and O–H groups in total. The maximum atomic E-state index is 8.59. The lowest BCUT2D eigenvalue weighted by atomic mass is 9.82. The van der Waals surface area contributed by atoms with Crippen molar-refractivity contribution in [2.75, 3.05) is 0 Å². The highest BCUT2D eigenvalue weighted by Crippen LogP contribution is 2.31. The van der Waals surface area contributed by atoms with Crippen LogP contribution in [0.3, 0.4) is 0 Å². The molecule has 1 aliphatic rings. The molecule has 0 bridgehead atoms. The Morgan fingerprint density at radius 3 is 3.00 bits per heavy atom. The maximum absolute atomic E-state index is 8.59. The third-order valence-corrected chi connectivity index (χ3v) is 2.62. The Kier molecular flexibility index (Phi) is 3.08. The van der Waals surface area contributed by atoms with Gasteiger partial charge in [0.2, 0.25) is 0 Å². The second-order valence-corrected chi connectivity index (χ2v) is 3.67. The monoisotopic (exact) mass is 173 g/mol. The molecule has 0 aromatic rings. The standard InChI is InChI=1S/C12H15N/c1-9(2)11-5-4-10(3)12(8-11)6-7-13/h4,6,11H,1,5,8H2,2-3H3. The van der Waals surface area contributed by atoms with Crippen molar-refractivity contribution in [2.24, 2.45) is 5.92 Å². The fraction of sp³-hybridized carbons (Fsp3) is 0.417. The first-order chi connectivity index (χ1) is 6.15. The normalized spacial score (nSPS) is 25.2. The van der Waals surface area contributed by atoms with E-state index in [4.69, 9.17) is 5.26 Å². The second kappa shape index (κ2) is 4.09. The van der Waals surface area contributed by atoms with Crippen LogP contribution in [0.15, 0.2) is 35.5 Å². The lowest BCUT2D eigenvalue weighted by molar-refractivity contribution is 0.601. The molecule has 0 aromatic carbocycles. The zero-order valence-corrected chi connectivity index (χ0v) is 8.30. The third kappa shape index (κ3) is 2.32. The van der Waals surface area contributed by atoms with Crippen LogP contribution in [0.5, 0.6) is 0 Å². The molecule has 1 atom stereocenters. The molecule has 1 rings (SSSR count). The topological polar surface area (TPSA) is 23.8 Å². The van der Waals surface area contributed by atoms with Crippen LogP contribution >= 0.6 is 0 Å². The Labute approximate surface area is 80.1 Å². The molecule has 0 radical (unpaired) electrons. The summed E-state index contributed by atoms with van der Waals surface area (Å²) in [5, 5.41) is 8.59. The summed E-state index contributed by atoms with van der Waals surface area (Å²) in [5.41, 5.74) is 3.63. The molecule has 0 fully saturated rings. The van der Waals surface area contributed by atoms with Gasteiger partial charge >= 0.3 is 0 Å². The third-order valence-electron chi connectivity index (χ3n) is 2.62. The molecule has 68 valence electrons. The molecular formula is C12H15N. The van der Waals surface area contributed by atoms with Gasteiger partial charge in [-0.05, 0) is 38.2 Å². The first-order valence-electron chi connectivity index (χ1n) is 4.56. The summed E-state index contributed by atoms with van der Waals surface area (Å²) in [4.78, 5) is 0. The Morgan fingerprint density at radius 2 is 2.46 bits per heavy atom. The van der Waals surface area contributed by atoms with E-state index in [1.165, 1.54) is 16.7 Å². The van der Waals surface area contributed by atoms with Crippen molar-refractivity contribution >= 4 is 0 Å². The van der Waals surface area contributed by atoms with Crippen LogP contribution < -0.4 is 0 Å². The zero-order valence-electron chi connectivity index (χ0n) is 8.30. The molecule has 0 spiro atoms. The molecule has 0 aromatic heterocycles. The van der Waals surface area contributed by atoms with Crippen LogP contribution in [0, 0.1) is 17.2 Å². The molecule has 0 saturated carbocycles. The molecule has 0 saturated heterocycles. The first kappa shape index (κ1) is 9.80. The SMILES string of the molecule is C=C(C)C1CC=C(C)C(=CC#N)C1. The molecule has 1 aliphatic carbocycles. The van der Waals surface area contributed by atoms with Gasteiger partial charge in [0, 0.05) is 6.08 Å². The van der Waals surface area contributed by atoms with Crippen LogP contribution in [-0.2, 0) is 0 Å². The summed E-state index contributed by atoms with van der Waals surface area (Å²) < 4.78 is 0. The van der Waals surface area contributed by atoms with Gasteiger partial charge in [-0.25, -0.2) is 0 Å². The van der Waals surface area contributed by atoms with E-state index in [-0.39, 0.29) is 0 Å². The van der Waals surface area contributed by atoms with Crippen molar-refractivity contribution in [3.63, 3.8) is 0 Å². The van der Waals surface area contributed by atoms with Crippen molar-refractivity contribution in [3.05, 3.63) is 35.5 Å². The lowest BCUT2D eigenvalue weighted by Crippen LogP contribution is -2.07. The van der Waals surface area contributed by atoms with Gasteiger partial charge in [0.15, 0.2) is 0 Å². The van der Waals surface area contributed by atoms with Crippen LogP contribution in [0.2, 0.25) is 0 Å². The van der Waals surface area contributed by atoms with Crippen LogP contribution in [-0.4, -0.2) is 0 Å². The minimum Gasteiger partial charge on any atom is -0.193 e. The highest BCUT2D eigenvalue weighted by atomic mass is 14.2. The molecule has 1 unspecified atom stereocenters. The van der Waals surface area contributed by atoms with Gasteiger partial charge in [-0.2, -0.15) is 5.26 Å². The largest absolute Gasteiger partial charge is 0.193 e. The van der Waals surface area contributed by atoms with E-state index < -0.39 is 0 Å². The average Bonchev–Trinajstić information content (AvgIpc) is 2.08. The summed E-state index contributed by atoms with van der Waals surface area (Å²) in [5.74, 6) is 0.531. The van der Waals surface area contributed by atoms with E-state index in [1.54, 1.807) is 6.08 Å². The molecule has 1 nitrogen and oxygen atoms in total. The van der Waals surface area contributed by atoms with Gasteiger partial charge in [-0.3, -0.25) is 0 Å². The van der Waals surface area contributed by atoms with E-state index in [0.29, 0.717) is 5.92 Å². The van der Waals surface area contributed by atoms with E-state index >= 15 is 0 Å². The fourth-order valence-electron chi connectivity index (χ4n) is 1.59. The summed E-state index contributed by atoms with van der Waals surface area (Å²) >= 11 is 0. The van der Waals surface area contributed by atoms with Crippen molar-refractivity contribution in [3.8, 4) is 6.07 Å². The van der Waals surface area contributed by atoms with E-state index in [9.17, 15) is 0 Å². The molecule has 0 amide bonds. The smallest absolute Gasteiger partial charge is 0.0915 e. The van der Waals surface area contributed by atoms with Gasteiger partial charge in [-0.1, -0.05) is 23.8 Å². The molecule has 13 heavy (non-hydrogen) atoms. The van der Waals surface area contributed by atoms with E-state index in [0.717, 1.165) is 12.8 Å². The summed E-state index contributed by atoms with van der Waals surface area (Å²) in [6.45, 7) is 8.08. The van der Waals surface area contributed by atoms with E-state index in [1.807, 2.05) is 0 Å². The Hall–Kier alpha value is -1.29. The predicted octanol–water partition coefficient (Wildman–Crippen LogP) is 3.37. The van der Waals surface area contributed by atoms with Gasteiger partial charge in [0.25, 0.3) is 0 Å². The highest BCUT2D eigenvalue weighted by molar-refractivity contribution is 5.36. The minimum absolute atomic E-state index is 0.531. The molecular weight excluding hydrogens is 158 g/mol. The zero-order chi connectivity index (χ0) is 9.84. The van der Waals surface area contributed by atoms with Crippen molar-refractivity contribution < 1.29 is 0 Å². The molecule has 1 heteroatoms. The number of nitriles is 1. The quantitative estimate of drug-likeness (QED) is 0.440. The number of hydrogen-bond acceptors (Lipinski definition) is 1. The predicted molar refractivity (Wildman–Crippen MR) is 55.0 cm³/mol. The number of hydrogen-bond donors (Lipinski definition) is 0. The Bertz CT molecular complexity index is 313. The second-order valence-electron chi connectivity index (χ2n) is 3.67. The van der Waals surface area contributed by atoms with Crippen molar-refractivity contribution in [2.45, 2.75) is 26.7 Å². The summed E-state index contributed by atoms with van der Waals surface area (Å²) in [6.07, 6.45) is 5.90. The fourth-order valence-corrected chi connectivity index (χ4v) is 1.59. The summed E-state index contributed by atoms with van der Waals surface area (Å²) in [7, 11) is 0. The van der Waals surface area contributed by atoms with E-state index in [2.05, 4.69) is 32.6 Å². The lowest BCUT2D eigenvalue weighted by Gasteiger charge is -2.22. The van der Waals surface area contributed by atoms with Gasteiger partial charge < -0.3 is 0 Å². The van der Waals surface area contributed by atoms with Crippen LogP contribution in [0.25, 0.3) is 0 Å². The van der Waals surface area contributed by atoms with Gasteiger partial charge in [0.05, 0.1) is 6.07 Å². The number of nitrogens with zero attached hydrogens (tertiary/aromatic N) is 1. The highest BCUT2D eigenvalue weighted by Gasteiger charge is 2.16. The molecule has 0 aliphatic heterocycles. The summed E-state index contributed by atoms with van der Waals surface area (Å²) in [6, 6.07) is 2.09. The van der Waals surface area contributed by atoms with Gasteiger partial charge in [0.1, 0.15) is 0 Å². The minimum atomic E-state index is 0.531. The van der Waals surface area contributed by atoms with Crippen molar-refractivity contribution in [1.82, 2.24) is 0 Å².